The second-order valence-electron chi connectivity index (χ2n) is 3.63. The molecule has 7 heteroatoms. The predicted molar refractivity (Wildman–Crippen MR) is 69.1 cm³/mol. The number of furan rings is 1. The van der Waals surface area contributed by atoms with Gasteiger partial charge in [0.1, 0.15) is 12.1 Å². The zero-order valence-corrected chi connectivity index (χ0v) is 9.84. The van der Waals surface area contributed by atoms with E-state index in [0.717, 1.165) is 0 Å². The van der Waals surface area contributed by atoms with Crippen LogP contribution in [0.3, 0.4) is 0 Å². The molecule has 3 aromatic heterocycles. The number of hydrazone groups is 1. The summed E-state index contributed by atoms with van der Waals surface area (Å²) in [5.41, 5.74) is 2.77. The Kier molecular flexibility index (Phi) is 3.01. The van der Waals surface area contributed by atoms with E-state index in [9.17, 15) is 0 Å². The monoisotopic (exact) mass is 254 g/mol. The maximum atomic E-state index is 5.10. The summed E-state index contributed by atoms with van der Waals surface area (Å²) in [5.74, 6) is 1.90. The summed E-state index contributed by atoms with van der Waals surface area (Å²) in [6, 6.07) is 7.20. The molecule has 0 saturated heterocycles. The highest BCUT2D eigenvalue weighted by molar-refractivity contribution is 5.76. The lowest BCUT2D eigenvalue weighted by Crippen LogP contribution is -1.99. The molecule has 0 aliphatic heterocycles. The molecule has 0 bridgehead atoms. The maximum absolute atomic E-state index is 5.10. The molecule has 0 aliphatic rings. The normalized spacial score (nSPS) is 10.9. The highest BCUT2D eigenvalue weighted by Crippen LogP contribution is 2.06. The van der Waals surface area contributed by atoms with Crippen molar-refractivity contribution in [2.75, 3.05) is 5.43 Å². The lowest BCUT2D eigenvalue weighted by molar-refractivity contribution is 0.560. The molecule has 0 amide bonds. The Morgan fingerprint density at radius 3 is 2.95 bits per heavy atom. The fourth-order valence-electron chi connectivity index (χ4n) is 1.44. The zero-order valence-electron chi connectivity index (χ0n) is 9.84. The van der Waals surface area contributed by atoms with Gasteiger partial charge in [-0.1, -0.05) is 0 Å². The van der Waals surface area contributed by atoms with Crippen LogP contribution in [0.5, 0.6) is 0 Å². The molecule has 0 aromatic carbocycles. The Morgan fingerprint density at radius 2 is 2.26 bits per heavy atom. The number of imidazole rings is 1. The summed E-state index contributed by atoms with van der Waals surface area (Å²) < 4.78 is 6.87. The van der Waals surface area contributed by atoms with Gasteiger partial charge in [0.25, 0.3) is 0 Å². The second-order valence-corrected chi connectivity index (χ2v) is 3.63. The number of hydrogen-bond acceptors (Lipinski definition) is 6. The molecule has 0 saturated carbocycles. The van der Waals surface area contributed by atoms with Crippen LogP contribution in [0.4, 0.5) is 5.82 Å². The lowest BCUT2D eigenvalue weighted by Gasteiger charge is -2.01. The molecule has 0 atom stereocenters. The molecule has 7 nitrogen and oxygen atoms in total. The molecule has 0 aliphatic carbocycles. The quantitative estimate of drug-likeness (QED) is 0.566. The molecular formula is C12H10N6O. The second kappa shape index (κ2) is 5.13. The molecule has 0 fully saturated rings. The van der Waals surface area contributed by atoms with Crippen molar-refractivity contribution in [1.82, 2.24) is 19.7 Å². The van der Waals surface area contributed by atoms with Crippen molar-refractivity contribution in [3.05, 3.63) is 55.0 Å². The van der Waals surface area contributed by atoms with Crippen molar-refractivity contribution < 1.29 is 4.42 Å². The van der Waals surface area contributed by atoms with Gasteiger partial charge in [-0.3, -0.25) is 9.99 Å². The highest BCUT2D eigenvalue weighted by Gasteiger charge is 1.98. The molecular weight excluding hydrogens is 244 g/mol. The van der Waals surface area contributed by atoms with E-state index in [0.29, 0.717) is 17.4 Å². The smallest absolute Gasteiger partial charge is 0.168 e. The Labute approximate surface area is 108 Å². The van der Waals surface area contributed by atoms with Gasteiger partial charge < -0.3 is 4.42 Å². The van der Waals surface area contributed by atoms with E-state index >= 15 is 0 Å². The van der Waals surface area contributed by atoms with E-state index in [-0.39, 0.29) is 0 Å². The molecule has 0 spiro atoms. The summed E-state index contributed by atoms with van der Waals surface area (Å²) in [7, 11) is 0. The third kappa shape index (κ3) is 2.65. The molecule has 3 heterocycles. The molecule has 0 radical (unpaired) electrons. The highest BCUT2D eigenvalue weighted by atomic mass is 16.3. The number of rotatable bonds is 4. The van der Waals surface area contributed by atoms with Crippen molar-refractivity contribution in [2.45, 2.75) is 0 Å². The average Bonchev–Trinajstić information content (AvgIpc) is 3.13. The standard InChI is InChI=1S/C12H10N6O/c1-2-10(19-7-1)8-14-15-11-3-4-12(17-16-11)18-6-5-13-9-18/h1-9H,(H,15,16). The van der Waals surface area contributed by atoms with Crippen LogP contribution in [0.15, 0.2) is 58.8 Å². The van der Waals surface area contributed by atoms with E-state index in [2.05, 4.69) is 25.7 Å². The third-order valence-electron chi connectivity index (χ3n) is 2.33. The molecule has 3 aromatic rings. The van der Waals surface area contributed by atoms with Crippen LogP contribution in [-0.4, -0.2) is 26.0 Å². The predicted octanol–water partition coefficient (Wildman–Crippen LogP) is 1.70. The maximum Gasteiger partial charge on any atom is 0.168 e. The van der Waals surface area contributed by atoms with Crippen molar-refractivity contribution >= 4 is 12.0 Å². The Morgan fingerprint density at radius 1 is 1.26 bits per heavy atom. The van der Waals surface area contributed by atoms with Crippen molar-refractivity contribution in [3.8, 4) is 5.82 Å². The molecule has 94 valence electrons. The summed E-state index contributed by atoms with van der Waals surface area (Å²) in [6.07, 6.45) is 8.28. The molecule has 0 unspecified atom stereocenters. The minimum absolute atomic E-state index is 0.548. The van der Waals surface area contributed by atoms with Crippen LogP contribution in [-0.2, 0) is 0 Å². The number of nitrogens with one attached hydrogen (secondary N) is 1. The van der Waals surface area contributed by atoms with Crippen LogP contribution in [0.1, 0.15) is 5.76 Å². The van der Waals surface area contributed by atoms with Crippen LogP contribution in [0.25, 0.3) is 5.82 Å². The van der Waals surface area contributed by atoms with Crippen LogP contribution in [0, 0.1) is 0 Å². The van der Waals surface area contributed by atoms with Gasteiger partial charge in [0.2, 0.25) is 0 Å². The molecule has 3 rings (SSSR count). The largest absolute Gasteiger partial charge is 0.463 e. The van der Waals surface area contributed by atoms with Gasteiger partial charge >= 0.3 is 0 Å². The number of anilines is 1. The number of aromatic nitrogens is 4. The van der Waals surface area contributed by atoms with Gasteiger partial charge in [-0.2, -0.15) is 5.10 Å². The molecule has 1 N–H and O–H groups in total. The fraction of sp³-hybridized carbons (Fsp3) is 0. The van der Waals surface area contributed by atoms with Gasteiger partial charge in [-0.25, -0.2) is 4.98 Å². The van der Waals surface area contributed by atoms with Crippen molar-refractivity contribution in [2.24, 2.45) is 5.10 Å². The van der Waals surface area contributed by atoms with Crippen LogP contribution >= 0.6 is 0 Å². The summed E-state index contributed by atoms with van der Waals surface area (Å²) in [4.78, 5) is 3.94. The minimum atomic E-state index is 0.548. The summed E-state index contributed by atoms with van der Waals surface area (Å²) in [5, 5.41) is 12.0. The first-order chi connectivity index (χ1) is 9.42. The SMILES string of the molecule is C(=NNc1ccc(-n2ccnc2)nn1)c1ccco1. The number of nitrogens with zero attached hydrogens (tertiary/aromatic N) is 5. The van der Waals surface area contributed by atoms with Crippen molar-refractivity contribution in [3.63, 3.8) is 0 Å². The van der Waals surface area contributed by atoms with Crippen LogP contribution in [0.2, 0.25) is 0 Å². The van der Waals surface area contributed by atoms with Crippen molar-refractivity contribution in [1.29, 1.82) is 0 Å². The first-order valence-corrected chi connectivity index (χ1v) is 5.56. The molecule has 19 heavy (non-hydrogen) atoms. The van der Waals surface area contributed by atoms with Gasteiger partial charge in [0.05, 0.1) is 12.5 Å². The Hall–Kier alpha value is -2.96. The zero-order chi connectivity index (χ0) is 12.9. The fourth-order valence-corrected chi connectivity index (χ4v) is 1.44. The van der Waals surface area contributed by atoms with E-state index < -0.39 is 0 Å². The third-order valence-corrected chi connectivity index (χ3v) is 2.33. The van der Waals surface area contributed by atoms with Gasteiger partial charge in [-0.15, -0.1) is 10.2 Å². The first-order valence-electron chi connectivity index (χ1n) is 5.56. The minimum Gasteiger partial charge on any atom is -0.463 e. The van der Waals surface area contributed by atoms with E-state index in [1.807, 2.05) is 6.07 Å². The Bertz CT molecular complexity index is 642. The summed E-state index contributed by atoms with van der Waals surface area (Å²) >= 11 is 0. The summed E-state index contributed by atoms with van der Waals surface area (Å²) in [6.45, 7) is 0. The van der Waals surface area contributed by atoms with Gasteiger partial charge in [-0.05, 0) is 24.3 Å². The van der Waals surface area contributed by atoms with E-state index in [4.69, 9.17) is 4.42 Å². The average molecular weight is 254 g/mol. The first kappa shape index (κ1) is 11.1. The van der Waals surface area contributed by atoms with Crippen LogP contribution < -0.4 is 5.43 Å². The Balaban J connectivity index is 1.66. The van der Waals surface area contributed by atoms with E-state index in [1.54, 1.807) is 54.0 Å². The lowest BCUT2D eigenvalue weighted by atomic mass is 10.5. The topological polar surface area (TPSA) is 81.1 Å². The van der Waals surface area contributed by atoms with Gasteiger partial charge in [0, 0.05) is 12.4 Å². The number of hydrogen-bond donors (Lipinski definition) is 1. The van der Waals surface area contributed by atoms with E-state index in [1.165, 1.54) is 0 Å². The van der Waals surface area contributed by atoms with Gasteiger partial charge in [0.15, 0.2) is 11.6 Å².